The normalized spacial score (nSPS) is 10.9. The highest BCUT2D eigenvalue weighted by Crippen LogP contribution is 2.23. The van der Waals surface area contributed by atoms with Crippen LogP contribution in [0, 0.1) is 13.8 Å². The van der Waals surface area contributed by atoms with Crippen LogP contribution in [-0.2, 0) is 11.3 Å². The molecule has 2 rings (SSSR count). The van der Waals surface area contributed by atoms with Crippen molar-refractivity contribution < 1.29 is 4.79 Å². The first-order chi connectivity index (χ1) is 10.5. The Morgan fingerprint density at radius 3 is 2.82 bits per heavy atom. The summed E-state index contributed by atoms with van der Waals surface area (Å²) in [5.74, 6) is 0.428. The number of thioether (sulfide) groups is 1. The number of nitrogen functional groups attached to an aromatic ring is 1. The van der Waals surface area contributed by atoms with E-state index in [1.165, 1.54) is 23.1 Å². The topological polar surface area (TPSA) is 89.9 Å². The molecule has 0 bridgehead atoms. The van der Waals surface area contributed by atoms with E-state index in [1.54, 1.807) is 4.90 Å². The van der Waals surface area contributed by atoms with Crippen LogP contribution in [0.4, 0.5) is 5.13 Å². The van der Waals surface area contributed by atoms with Crippen molar-refractivity contribution in [3.63, 3.8) is 0 Å². The van der Waals surface area contributed by atoms with Gasteiger partial charge < -0.3 is 10.6 Å². The first-order valence-corrected chi connectivity index (χ1v) is 8.72. The van der Waals surface area contributed by atoms with Gasteiger partial charge in [-0.3, -0.25) is 9.48 Å². The molecule has 0 aliphatic heterocycles. The number of hydrogen-bond acceptors (Lipinski definition) is 7. The zero-order valence-corrected chi connectivity index (χ0v) is 14.6. The summed E-state index contributed by atoms with van der Waals surface area (Å²) in [6.45, 7) is 5.54. The molecule has 9 heteroatoms. The summed E-state index contributed by atoms with van der Waals surface area (Å²) >= 11 is 2.67. The third-order valence-electron chi connectivity index (χ3n) is 3.13. The molecule has 0 unspecified atom stereocenters. The highest BCUT2D eigenvalue weighted by molar-refractivity contribution is 8.01. The average Bonchev–Trinajstić information content (AvgIpc) is 3.01. The number of aromatic nitrogens is 4. The van der Waals surface area contributed by atoms with E-state index in [2.05, 4.69) is 21.4 Å². The molecule has 7 nitrogen and oxygen atoms in total. The van der Waals surface area contributed by atoms with E-state index in [4.69, 9.17) is 5.73 Å². The van der Waals surface area contributed by atoms with E-state index < -0.39 is 0 Å². The van der Waals surface area contributed by atoms with E-state index in [1.807, 2.05) is 25.6 Å². The van der Waals surface area contributed by atoms with Gasteiger partial charge in [-0.1, -0.05) is 23.1 Å². The summed E-state index contributed by atoms with van der Waals surface area (Å²) in [6, 6.07) is 2.05. The van der Waals surface area contributed by atoms with E-state index in [0.29, 0.717) is 17.4 Å². The summed E-state index contributed by atoms with van der Waals surface area (Å²) in [7, 11) is 1.82. The van der Waals surface area contributed by atoms with Gasteiger partial charge >= 0.3 is 0 Å². The fraction of sp³-hybridized carbons (Fsp3) is 0.538. The van der Waals surface area contributed by atoms with Gasteiger partial charge in [-0.05, 0) is 26.3 Å². The quantitative estimate of drug-likeness (QED) is 0.770. The zero-order chi connectivity index (χ0) is 16.1. The maximum Gasteiger partial charge on any atom is 0.232 e. The predicted molar refractivity (Wildman–Crippen MR) is 89.0 cm³/mol. The Bertz CT molecular complexity index is 638. The van der Waals surface area contributed by atoms with Crippen LogP contribution in [0.15, 0.2) is 10.4 Å². The van der Waals surface area contributed by atoms with Crippen molar-refractivity contribution >= 4 is 34.1 Å². The summed E-state index contributed by atoms with van der Waals surface area (Å²) < 4.78 is 2.70. The van der Waals surface area contributed by atoms with Gasteiger partial charge in [0, 0.05) is 25.8 Å². The number of aryl methyl sites for hydroxylation is 3. The molecular formula is C13H20N6OS2. The van der Waals surface area contributed by atoms with Gasteiger partial charge in [0.25, 0.3) is 0 Å². The molecule has 2 aromatic heterocycles. The van der Waals surface area contributed by atoms with Crippen molar-refractivity contribution in [1.82, 2.24) is 24.9 Å². The largest absolute Gasteiger partial charge is 0.374 e. The number of hydrogen-bond donors (Lipinski definition) is 1. The summed E-state index contributed by atoms with van der Waals surface area (Å²) in [6.07, 6.45) is 0.876. The molecule has 2 aromatic rings. The van der Waals surface area contributed by atoms with Crippen molar-refractivity contribution in [2.24, 2.45) is 0 Å². The van der Waals surface area contributed by atoms with Gasteiger partial charge in [0.05, 0.1) is 11.4 Å². The average molecular weight is 340 g/mol. The van der Waals surface area contributed by atoms with Crippen LogP contribution >= 0.6 is 23.1 Å². The molecular weight excluding hydrogens is 320 g/mol. The third kappa shape index (κ3) is 4.70. The van der Waals surface area contributed by atoms with E-state index in [-0.39, 0.29) is 5.91 Å². The second kappa shape index (κ2) is 7.59. The Kier molecular flexibility index (Phi) is 5.78. The van der Waals surface area contributed by atoms with Gasteiger partial charge in [0.1, 0.15) is 0 Å². The number of amides is 1. The van der Waals surface area contributed by atoms with Crippen LogP contribution in [0.1, 0.15) is 17.8 Å². The van der Waals surface area contributed by atoms with Gasteiger partial charge in [-0.2, -0.15) is 5.10 Å². The number of nitrogens with zero attached hydrogens (tertiary/aromatic N) is 5. The molecule has 22 heavy (non-hydrogen) atoms. The Labute approximate surface area is 137 Å². The second-order valence-corrected chi connectivity index (χ2v) is 7.25. The van der Waals surface area contributed by atoms with E-state index >= 15 is 0 Å². The maximum atomic E-state index is 12.0. The Morgan fingerprint density at radius 2 is 2.23 bits per heavy atom. The van der Waals surface area contributed by atoms with Crippen LogP contribution in [0.3, 0.4) is 0 Å². The lowest BCUT2D eigenvalue weighted by atomic mass is 10.3. The fourth-order valence-corrected chi connectivity index (χ4v) is 3.57. The first kappa shape index (κ1) is 16.8. The van der Waals surface area contributed by atoms with Gasteiger partial charge in [0.15, 0.2) is 4.34 Å². The smallest absolute Gasteiger partial charge is 0.232 e. The Balaban J connectivity index is 1.71. The number of carbonyl (C=O) groups is 1. The van der Waals surface area contributed by atoms with Crippen molar-refractivity contribution in [1.29, 1.82) is 0 Å². The van der Waals surface area contributed by atoms with Crippen LogP contribution in [0.25, 0.3) is 0 Å². The molecule has 120 valence electrons. The molecule has 2 heterocycles. The second-order valence-electron chi connectivity index (χ2n) is 5.01. The molecule has 2 N–H and O–H groups in total. The summed E-state index contributed by atoms with van der Waals surface area (Å²) in [5.41, 5.74) is 7.68. The molecule has 0 radical (unpaired) electrons. The standard InChI is InChI=1S/C13H20N6OS2/c1-9-7-10(2)19(17-9)6-4-5-18(3)11(20)8-21-13-16-15-12(14)22-13/h7H,4-6,8H2,1-3H3,(H2,14,15). The first-order valence-electron chi connectivity index (χ1n) is 6.92. The number of rotatable bonds is 7. The van der Waals surface area contributed by atoms with Crippen molar-refractivity contribution in [3.8, 4) is 0 Å². The molecule has 1 amide bonds. The number of nitrogens with two attached hydrogens (primary N) is 1. The van der Waals surface area contributed by atoms with E-state index in [0.717, 1.165) is 28.7 Å². The van der Waals surface area contributed by atoms with Gasteiger partial charge in [-0.25, -0.2) is 0 Å². The van der Waals surface area contributed by atoms with Crippen LogP contribution in [-0.4, -0.2) is 50.1 Å². The highest BCUT2D eigenvalue weighted by Gasteiger charge is 2.11. The van der Waals surface area contributed by atoms with Gasteiger partial charge in [-0.15, -0.1) is 10.2 Å². The minimum absolute atomic E-state index is 0.0761. The predicted octanol–water partition coefficient (Wildman–Crippen LogP) is 1.57. The Hall–Kier alpha value is -1.61. The molecule has 0 fully saturated rings. The lowest BCUT2D eigenvalue weighted by Gasteiger charge is -2.16. The number of anilines is 1. The van der Waals surface area contributed by atoms with Crippen molar-refractivity contribution in [2.75, 3.05) is 25.1 Å². The van der Waals surface area contributed by atoms with Crippen LogP contribution < -0.4 is 5.73 Å². The van der Waals surface area contributed by atoms with Gasteiger partial charge in [0.2, 0.25) is 11.0 Å². The van der Waals surface area contributed by atoms with Crippen molar-refractivity contribution in [3.05, 3.63) is 17.5 Å². The minimum atomic E-state index is 0.0761. The minimum Gasteiger partial charge on any atom is -0.374 e. The zero-order valence-electron chi connectivity index (χ0n) is 12.9. The van der Waals surface area contributed by atoms with Crippen LogP contribution in [0.5, 0.6) is 0 Å². The monoisotopic (exact) mass is 340 g/mol. The maximum absolute atomic E-state index is 12.0. The van der Waals surface area contributed by atoms with Crippen molar-refractivity contribution in [2.45, 2.75) is 31.2 Å². The summed E-state index contributed by atoms with van der Waals surface area (Å²) in [5, 5.41) is 12.4. The molecule has 0 aliphatic carbocycles. The molecule has 0 aliphatic rings. The lowest BCUT2D eigenvalue weighted by molar-refractivity contribution is -0.127. The molecule has 0 saturated carbocycles. The molecule has 0 saturated heterocycles. The third-order valence-corrected chi connectivity index (χ3v) is 5.00. The van der Waals surface area contributed by atoms with E-state index in [9.17, 15) is 4.79 Å². The van der Waals surface area contributed by atoms with Crippen LogP contribution in [0.2, 0.25) is 0 Å². The molecule has 0 atom stereocenters. The summed E-state index contributed by atoms with van der Waals surface area (Å²) in [4.78, 5) is 13.8. The molecule has 0 spiro atoms. The SMILES string of the molecule is Cc1cc(C)n(CCCN(C)C(=O)CSc2nnc(N)s2)n1. The number of carbonyl (C=O) groups excluding carboxylic acids is 1. The fourth-order valence-electron chi connectivity index (χ4n) is 2.00. The highest BCUT2D eigenvalue weighted by atomic mass is 32.2. The molecule has 0 aromatic carbocycles. The Morgan fingerprint density at radius 1 is 1.45 bits per heavy atom. The lowest BCUT2D eigenvalue weighted by Crippen LogP contribution is -2.30.